The molecular formula is C15H25N5O2. The smallest absolute Gasteiger partial charge is 0.323 e. The summed E-state index contributed by atoms with van der Waals surface area (Å²) in [5.41, 5.74) is 0.866. The molecule has 2 rings (SSSR count). The Labute approximate surface area is 131 Å². The van der Waals surface area contributed by atoms with E-state index in [1.54, 1.807) is 16.6 Å². The number of aryl methyl sites for hydroxylation is 2. The predicted octanol–water partition coefficient (Wildman–Crippen LogP) is 1.59. The van der Waals surface area contributed by atoms with E-state index in [1.807, 2.05) is 24.8 Å². The minimum Gasteiger partial charge on any atom is -0.341 e. The van der Waals surface area contributed by atoms with E-state index in [1.165, 1.54) is 0 Å². The van der Waals surface area contributed by atoms with E-state index in [9.17, 15) is 9.59 Å². The first-order chi connectivity index (χ1) is 10.5. The molecule has 22 heavy (non-hydrogen) atoms. The molecule has 0 spiro atoms. The maximum atomic E-state index is 12.4. The van der Waals surface area contributed by atoms with Gasteiger partial charge in [0.15, 0.2) is 0 Å². The minimum atomic E-state index is -0.132. The molecule has 122 valence electrons. The van der Waals surface area contributed by atoms with Gasteiger partial charge in [0, 0.05) is 45.7 Å². The standard InChI is InChI=1S/C15H25N5O2/c1-4-6-14(21)19-7-5-8-20(10-9-19)15(22)16-13-11-12(2)17-18(13)3/h11H,4-10H2,1-3H3,(H,16,22). The third-order valence-electron chi connectivity index (χ3n) is 3.84. The van der Waals surface area contributed by atoms with Crippen molar-refractivity contribution in [2.24, 2.45) is 7.05 Å². The van der Waals surface area contributed by atoms with E-state index in [0.717, 1.165) is 25.1 Å². The van der Waals surface area contributed by atoms with Gasteiger partial charge in [-0.25, -0.2) is 4.79 Å². The second kappa shape index (κ2) is 7.29. The van der Waals surface area contributed by atoms with Gasteiger partial charge < -0.3 is 9.80 Å². The maximum Gasteiger partial charge on any atom is 0.323 e. The van der Waals surface area contributed by atoms with Crippen molar-refractivity contribution in [3.63, 3.8) is 0 Å². The van der Waals surface area contributed by atoms with Gasteiger partial charge in [-0.2, -0.15) is 5.10 Å². The number of aromatic nitrogens is 2. The number of hydrogen-bond donors (Lipinski definition) is 1. The summed E-state index contributed by atoms with van der Waals surface area (Å²) in [6.07, 6.45) is 2.26. The Kier molecular flexibility index (Phi) is 5.41. The van der Waals surface area contributed by atoms with Crippen molar-refractivity contribution >= 4 is 17.8 Å². The molecule has 0 aliphatic carbocycles. The molecular weight excluding hydrogens is 282 g/mol. The Morgan fingerprint density at radius 3 is 2.55 bits per heavy atom. The van der Waals surface area contributed by atoms with Crippen molar-refractivity contribution in [1.29, 1.82) is 0 Å². The lowest BCUT2D eigenvalue weighted by Crippen LogP contribution is -2.39. The lowest BCUT2D eigenvalue weighted by molar-refractivity contribution is -0.131. The van der Waals surface area contributed by atoms with Crippen LogP contribution in [0.2, 0.25) is 0 Å². The third-order valence-corrected chi connectivity index (χ3v) is 3.84. The van der Waals surface area contributed by atoms with Crippen LogP contribution in [-0.2, 0) is 11.8 Å². The predicted molar refractivity (Wildman–Crippen MR) is 84.6 cm³/mol. The van der Waals surface area contributed by atoms with Crippen LogP contribution in [0.4, 0.5) is 10.6 Å². The summed E-state index contributed by atoms with van der Waals surface area (Å²) >= 11 is 0. The van der Waals surface area contributed by atoms with Crippen molar-refractivity contribution in [2.75, 3.05) is 31.5 Å². The van der Waals surface area contributed by atoms with Crippen LogP contribution in [-0.4, -0.2) is 57.7 Å². The van der Waals surface area contributed by atoms with Crippen LogP contribution in [0.5, 0.6) is 0 Å². The van der Waals surface area contributed by atoms with E-state index in [4.69, 9.17) is 0 Å². The number of anilines is 1. The molecule has 1 aromatic heterocycles. The molecule has 7 heteroatoms. The van der Waals surface area contributed by atoms with E-state index >= 15 is 0 Å². The summed E-state index contributed by atoms with van der Waals surface area (Å²) in [4.78, 5) is 27.9. The molecule has 0 bridgehead atoms. The summed E-state index contributed by atoms with van der Waals surface area (Å²) < 4.78 is 1.65. The molecule has 0 unspecified atom stereocenters. The molecule has 1 N–H and O–H groups in total. The van der Waals surface area contributed by atoms with Crippen LogP contribution in [0.15, 0.2) is 6.07 Å². The maximum absolute atomic E-state index is 12.4. The summed E-state index contributed by atoms with van der Waals surface area (Å²) in [5.74, 6) is 0.873. The van der Waals surface area contributed by atoms with Crippen LogP contribution < -0.4 is 5.32 Å². The molecule has 2 heterocycles. The molecule has 1 fully saturated rings. The number of nitrogens with zero attached hydrogens (tertiary/aromatic N) is 4. The molecule has 0 atom stereocenters. The summed E-state index contributed by atoms with van der Waals surface area (Å²) in [6, 6.07) is 1.71. The van der Waals surface area contributed by atoms with Gasteiger partial charge in [0.25, 0.3) is 0 Å². The molecule has 0 saturated carbocycles. The third kappa shape index (κ3) is 3.99. The van der Waals surface area contributed by atoms with Crippen LogP contribution in [0, 0.1) is 6.92 Å². The zero-order chi connectivity index (χ0) is 16.1. The number of amides is 3. The van der Waals surface area contributed by atoms with Gasteiger partial charge in [-0.3, -0.25) is 14.8 Å². The van der Waals surface area contributed by atoms with E-state index in [2.05, 4.69) is 10.4 Å². The lowest BCUT2D eigenvalue weighted by Gasteiger charge is -2.22. The van der Waals surface area contributed by atoms with Crippen molar-refractivity contribution in [1.82, 2.24) is 19.6 Å². The number of carbonyl (C=O) groups is 2. The zero-order valence-electron chi connectivity index (χ0n) is 13.6. The average molecular weight is 307 g/mol. The molecule has 1 aliphatic rings. The first-order valence-corrected chi connectivity index (χ1v) is 7.85. The highest BCUT2D eigenvalue weighted by atomic mass is 16.2. The van der Waals surface area contributed by atoms with E-state index in [0.29, 0.717) is 31.9 Å². The van der Waals surface area contributed by atoms with Crippen molar-refractivity contribution in [3.05, 3.63) is 11.8 Å². The minimum absolute atomic E-state index is 0.132. The van der Waals surface area contributed by atoms with Gasteiger partial charge in [0.1, 0.15) is 5.82 Å². The van der Waals surface area contributed by atoms with Crippen LogP contribution in [0.1, 0.15) is 31.9 Å². The molecule has 3 amide bonds. The molecule has 1 aromatic rings. The monoisotopic (exact) mass is 307 g/mol. The Morgan fingerprint density at radius 1 is 1.23 bits per heavy atom. The second-order valence-corrected chi connectivity index (χ2v) is 5.70. The number of hydrogen-bond acceptors (Lipinski definition) is 3. The highest BCUT2D eigenvalue weighted by molar-refractivity contribution is 5.88. The molecule has 1 saturated heterocycles. The SMILES string of the molecule is CCCC(=O)N1CCCN(C(=O)Nc2cc(C)nn2C)CC1. The number of nitrogens with one attached hydrogen (secondary N) is 1. The fourth-order valence-electron chi connectivity index (χ4n) is 2.66. The fourth-order valence-corrected chi connectivity index (χ4v) is 2.66. The topological polar surface area (TPSA) is 70.5 Å². The molecule has 7 nitrogen and oxygen atoms in total. The van der Waals surface area contributed by atoms with E-state index < -0.39 is 0 Å². The van der Waals surface area contributed by atoms with Gasteiger partial charge in [-0.05, 0) is 19.8 Å². The molecule has 0 radical (unpaired) electrons. The first kappa shape index (κ1) is 16.3. The Balaban J connectivity index is 1.91. The van der Waals surface area contributed by atoms with Crippen molar-refractivity contribution in [3.8, 4) is 0 Å². The largest absolute Gasteiger partial charge is 0.341 e. The number of urea groups is 1. The highest BCUT2D eigenvalue weighted by Crippen LogP contribution is 2.11. The van der Waals surface area contributed by atoms with Crippen molar-refractivity contribution < 1.29 is 9.59 Å². The fraction of sp³-hybridized carbons (Fsp3) is 0.667. The molecule has 1 aliphatic heterocycles. The average Bonchev–Trinajstić information content (AvgIpc) is 2.69. The van der Waals surface area contributed by atoms with Gasteiger partial charge in [0.2, 0.25) is 5.91 Å². The van der Waals surface area contributed by atoms with Crippen LogP contribution in [0.25, 0.3) is 0 Å². The summed E-state index contributed by atoms with van der Waals surface area (Å²) in [6.45, 7) is 6.46. The Bertz CT molecular complexity index is 540. The van der Waals surface area contributed by atoms with Gasteiger partial charge in [-0.15, -0.1) is 0 Å². The highest BCUT2D eigenvalue weighted by Gasteiger charge is 2.22. The lowest BCUT2D eigenvalue weighted by atomic mass is 10.3. The normalized spacial score (nSPS) is 15.6. The first-order valence-electron chi connectivity index (χ1n) is 7.85. The van der Waals surface area contributed by atoms with E-state index in [-0.39, 0.29) is 11.9 Å². The summed E-state index contributed by atoms with van der Waals surface area (Å²) in [5, 5.41) is 7.10. The van der Waals surface area contributed by atoms with Crippen LogP contribution >= 0.6 is 0 Å². The number of carbonyl (C=O) groups excluding carboxylic acids is 2. The summed E-state index contributed by atoms with van der Waals surface area (Å²) in [7, 11) is 1.80. The zero-order valence-corrected chi connectivity index (χ0v) is 13.6. The quantitative estimate of drug-likeness (QED) is 0.922. The second-order valence-electron chi connectivity index (χ2n) is 5.70. The molecule has 0 aromatic carbocycles. The van der Waals surface area contributed by atoms with Crippen molar-refractivity contribution in [2.45, 2.75) is 33.1 Å². The van der Waals surface area contributed by atoms with Gasteiger partial charge in [-0.1, -0.05) is 6.92 Å². The van der Waals surface area contributed by atoms with Gasteiger partial charge >= 0.3 is 6.03 Å². The Hall–Kier alpha value is -2.05. The Morgan fingerprint density at radius 2 is 1.91 bits per heavy atom. The van der Waals surface area contributed by atoms with Gasteiger partial charge in [0.05, 0.1) is 5.69 Å². The number of rotatable bonds is 3. The van der Waals surface area contributed by atoms with Crippen LogP contribution in [0.3, 0.4) is 0 Å².